The van der Waals surface area contributed by atoms with E-state index in [1.165, 1.54) is 11.9 Å². The first-order valence-electron chi connectivity index (χ1n) is 8.16. The molecule has 1 aliphatic rings. The third-order valence-corrected chi connectivity index (χ3v) is 4.00. The number of allylic oxidation sites excluding steroid dienone is 1. The SMILES string of the molecule is C/C=C/N(C=N)c1c(C)cc(/C=C2\CCCNC2=NC)cc1OC. The fourth-order valence-corrected chi connectivity index (χ4v) is 2.97. The Labute approximate surface area is 144 Å². The van der Waals surface area contributed by atoms with Crippen LogP contribution >= 0.6 is 0 Å². The lowest BCUT2D eigenvalue weighted by atomic mass is 10.00. The number of nitrogens with zero attached hydrogens (tertiary/aromatic N) is 2. The number of hydrogen-bond acceptors (Lipinski definition) is 3. The first-order chi connectivity index (χ1) is 11.6. The summed E-state index contributed by atoms with van der Waals surface area (Å²) in [6.07, 6.45) is 9.34. The highest BCUT2D eigenvalue weighted by Crippen LogP contribution is 2.34. The van der Waals surface area contributed by atoms with Gasteiger partial charge in [0.15, 0.2) is 0 Å². The molecule has 5 nitrogen and oxygen atoms in total. The number of hydrogen-bond donors (Lipinski definition) is 2. The Bertz CT molecular complexity index is 689. The number of aliphatic imine (C=N–C) groups is 1. The summed E-state index contributed by atoms with van der Waals surface area (Å²) in [5.41, 5.74) is 4.24. The van der Waals surface area contributed by atoms with Crippen LogP contribution in [0.4, 0.5) is 5.69 Å². The minimum Gasteiger partial charge on any atom is -0.495 e. The van der Waals surface area contributed by atoms with Crippen LogP contribution in [0, 0.1) is 12.3 Å². The second-order valence-electron chi connectivity index (χ2n) is 5.68. The van der Waals surface area contributed by atoms with E-state index in [1.54, 1.807) is 12.0 Å². The standard InChI is InChI=1S/C19H26N4O/c1-5-9-23(13-20)18-14(2)10-15(12-17(18)24-4)11-16-7-6-8-22-19(16)21-3/h5,9-13,20H,6-8H2,1-4H3,(H,21,22)/b9-5+,16-11+,20-13?. The number of rotatable bonds is 5. The molecule has 2 N–H and O–H groups in total. The van der Waals surface area contributed by atoms with Gasteiger partial charge in [0.2, 0.25) is 0 Å². The molecule has 0 bridgehead atoms. The predicted molar refractivity (Wildman–Crippen MR) is 102 cm³/mol. The van der Waals surface area contributed by atoms with Crippen molar-refractivity contribution in [3.63, 3.8) is 0 Å². The molecule has 128 valence electrons. The van der Waals surface area contributed by atoms with Crippen LogP contribution in [0.3, 0.4) is 0 Å². The van der Waals surface area contributed by atoms with Crippen molar-refractivity contribution in [2.75, 3.05) is 25.6 Å². The molecule has 0 atom stereocenters. The van der Waals surface area contributed by atoms with Crippen molar-refractivity contribution in [2.24, 2.45) is 4.99 Å². The van der Waals surface area contributed by atoms with Crippen LogP contribution in [-0.2, 0) is 0 Å². The van der Waals surface area contributed by atoms with E-state index < -0.39 is 0 Å². The first-order valence-corrected chi connectivity index (χ1v) is 8.16. The Morgan fingerprint density at radius 3 is 2.79 bits per heavy atom. The second kappa shape index (κ2) is 8.34. The highest BCUT2D eigenvalue weighted by Gasteiger charge is 2.15. The molecule has 1 saturated heterocycles. The van der Waals surface area contributed by atoms with E-state index in [9.17, 15) is 0 Å². The van der Waals surface area contributed by atoms with E-state index in [0.717, 1.165) is 47.8 Å². The maximum Gasteiger partial charge on any atom is 0.143 e. The summed E-state index contributed by atoms with van der Waals surface area (Å²) in [4.78, 5) is 6.09. The number of ether oxygens (including phenoxy) is 1. The zero-order valence-electron chi connectivity index (χ0n) is 14.9. The van der Waals surface area contributed by atoms with E-state index >= 15 is 0 Å². The normalized spacial score (nSPS) is 18.0. The van der Waals surface area contributed by atoms with Crippen LogP contribution in [0.2, 0.25) is 0 Å². The topological polar surface area (TPSA) is 60.7 Å². The monoisotopic (exact) mass is 326 g/mol. The molecule has 1 fully saturated rings. The van der Waals surface area contributed by atoms with Crippen molar-refractivity contribution >= 4 is 23.9 Å². The lowest BCUT2D eigenvalue weighted by molar-refractivity contribution is 0.415. The van der Waals surface area contributed by atoms with Gasteiger partial charge in [0.25, 0.3) is 0 Å². The lowest BCUT2D eigenvalue weighted by Gasteiger charge is -2.22. The molecule has 1 aromatic rings. The van der Waals surface area contributed by atoms with Gasteiger partial charge in [-0.3, -0.25) is 10.4 Å². The number of nitrogens with one attached hydrogen (secondary N) is 2. The van der Waals surface area contributed by atoms with Gasteiger partial charge in [-0.25, -0.2) is 0 Å². The molecule has 0 aliphatic carbocycles. The molecule has 2 rings (SSSR count). The Morgan fingerprint density at radius 2 is 2.17 bits per heavy atom. The van der Waals surface area contributed by atoms with E-state index in [4.69, 9.17) is 10.1 Å². The van der Waals surface area contributed by atoms with Gasteiger partial charge < -0.3 is 15.0 Å². The van der Waals surface area contributed by atoms with Crippen molar-refractivity contribution in [1.82, 2.24) is 5.32 Å². The van der Waals surface area contributed by atoms with Crippen LogP contribution in [0.15, 0.2) is 35.0 Å². The summed E-state index contributed by atoms with van der Waals surface area (Å²) in [6.45, 7) is 4.94. The molecule has 0 aromatic heterocycles. The maximum atomic E-state index is 7.64. The summed E-state index contributed by atoms with van der Waals surface area (Å²) in [6, 6.07) is 4.13. The Morgan fingerprint density at radius 1 is 1.38 bits per heavy atom. The quantitative estimate of drug-likeness (QED) is 0.640. The number of amidine groups is 1. The zero-order valence-corrected chi connectivity index (χ0v) is 14.9. The minimum absolute atomic E-state index is 0.752. The molecule has 1 aliphatic heterocycles. The largest absolute Gasteiger partial charge is 0.495 e. The van der Waals surface area contributed by atoms with Crippen LogP contribution < -0.4 is 15.0 Å². The fraction of sp³-hybridized carbons (Fsp3) is 0.368. The molecule has 24 heavy (non-hydrogen) atoms. The van der Waals surface area contributed by atoms with Gasteiger partial charge in [-0.05, 0) is 61.6 Å². The summed E-state index contributed by atoms with van der Waals surface area (Å²) in [7, 11) is 3.48. The fourth-order valence-electron chi connectivity index (χ4n) is 2.97. The number of benzene rings is 1. The number of anilines is 1. The van der Waals surface area contributed by atoms with Crippen LogP contribution in [0.1, 0.15) is 30.9 Å². The molecule has 0 amide bonds. The van der Waals surface area contributed by atoms with Crippen molar-refractivity contribution in [2.45, 2.75) is 26.7 Å². The molecule has 0 unspecified atom stereocenters. The Hall–Kier alpha value is -2.56. The van der Waals surface area contributed by atoms with Crippen molar-refractivity contribution in [3.05, 3.63) is 41.1 Å². The summed E-state index contributed by atoms with van der Waals surface area (Å²) in [5, 5.41) is 11.0. The molecule has 0 spiro atoms. The maximum absolute atomic E-state index is 7.64. The zero-order chi connectivity index (χ0) is 17.5. The molecule has 1 aromatic carbocycles. The van der Waals surface area contributed by atoms with Gasteiger partial charge in [0, 0.05) is 19.8 Å². The van der Waals surface area contributed by atoms with Crippen LogP contribution in [0.5, 0.6) is 5.75 Å². The van der Waals surface area contributed by atoms with Gasteiger partial charge >= 0.3 is 0 Å². The van der Waals surface area contributed by atoms with Crippen LogP contribution in [-0.4, -0.2) is 32.9 Å². The van der Waals surface area contributed by atoms with E-state index in [-0.39, 0.29) is 0 Å². The van der Waals surface area contributed by atoms with E-state index in [0.29, 0.717) is 0 Å². The highest BCUT2D eigenvalue weighted by molar-refractivity contribution is 6.02. The van der Waals surface area contributed by atoms with Crippen molar-refractivity contribution in [3.8, 4) is 5.75 Å². The lowest BCUT2D eigenvalue weighted by Crippen LogP contribution is -2.30. The van der Waals surface area contributed by atoms with Gasteiger partial charge in [0.1, 0.15) is 11.6 Å². The van der Waals surface area contributed by atoms with E-state index in [2.05, 4.69) is 22.5 Å². The smallest absolute Gasteiger partial charge is 0.143 e. The third-order valence-electron chi connectivity index (χ3n) is 4.00. The van der Waals surface area contributed by atoms with Gasteiger partial charge in [0.05, 0.1) is 19.1 Å². The number of piperidine rings is 1. The number of aryl methyl sites for hydroxylation is 1. The summed E-state index contributed by atoms with van der Waals surface area (Å²) < 4.78 is 5.58. The first kappa shape index (κ1) is 17.8. The van der Waals surface area contributed by atoms with Crippen molar-refractivity contribution in [1.29, 1.82) is 5.41 Å². The predicted octanol–water partition coefficient (Wildman–Crippen LogP) is 3.75. The summed E-state index contributed by atoms with van der Waals surface area (Å²) in [5.74, 6) is 1.72. The highest BCUT2D eigenvalue weighted by atomic mass is 16.5. The average molecular weight is 326 g/mol. The molecular formula is C19H26N4O. The van der Waals surface area contributed by atoms with Gasteiger partial charge in [-0.2, -0.15) is 0 Å². The molecular weight excluding hydrogens is 300 g/mol. The molecule has 0 saturated carbocycles. The second-order valence-corrected chi connectivity index (χ2v) is 5.68. The Balaban J connectivity index is 2.47. The van der Waals surface area contributed by atoms with Crippen LogP contribution in [0.25, 0.3) is 6.08 Å². The molecule has 1 heterocycles. The van der Waals surface area contributed by atoms with Gasteiger partial charge in [-0.15, -0.1) is 0 Å². The molecule has 0 radical (unpaired) electrons. The molecule has 5 heteroatoms. The minimum atomic E-state index is 0.752. The summed E-state index contributed by atoms with van der Waals surface area (Å²) >= 11 is 0. The number of methoxy groups -OCH3 is 1. The Kier molecular flexibility index (Phi) is 6.18. The third kappa shape index (κ3) is 3.85. The average Bonchev–Trinajstić information content (AvgIpc) is 2.60. The van der Waals surface area contributed by atoms with E-state index in [1.807, 2.05) is 39.2 Å². The van der Waals surface area contributed by atoms with Crippen molar-refractivity contribution < 1.29 is 4.74 Å². The van der Waals surface area contributed by atoms with Gasteiger partial charge in [-0.1, -0.05) is 6.08 Å².